The molecule has 1 aliphatic heterocycles. The van der Waals surface area contributed by atoms with Gasteiger partial charge in [-0.15, -0.1) is 0 Å². The lowest BCUT2D eigenvalue weighted by Gasteiger charge is -2.39. The number of hydrogen-bond donors (Lipinski definition) is 4. The fourth-order valence-corrected chi connectivity index (χ4v) is 7.37. The predicted molar refractivity (Wildman–Crippen MR) is 211 cm³/mol. The Balaban J connectivity index is 2.17. The summed E-state index contributed by atoms with van der Waals surface area (Å²) in [5.41, 5.74) is 7.94. The molecule has 1 saturated heterocycles. The van der Waals surface area contributed by atoms with Crippen LogP contribution in [0.4, 0.5) is 5.69 Å². The van der Waals surface area contributed by atoms with Gasteiger partial charge in [0.1, 0.15) is 6.04 Å². The second kappa shape index (κ2) is 21.8. The zero-order valence-electron chi connectivity index (χ0n) is 34.4. The van der Waals surface area contributed by atoms with Crippen LogP contribution in [0.15, 0.2) is 36.4 Å². The van der Waals surface area contributed by atoms with E-state index in [0.717, 1.165) is 12.0 Å². The summed E-state index contributed by atoms with van der Waals surface area (Å²) >= 11 is 0. The molecular weight excluding hydrogens is 690 g/mol. The number of carbonyl (C=O) groups excluding carboxylic acids is 5. The van der Waals surface area contributed by atoms with Crippen LogP contribution in [0.1, 0.15) is 72.8 Å². The second-order valence-electron chi connectivity index (χ2n) is 15.3. The first-order valence-electron chi connectivity index (χ1n) is 19.0. The van der Waals surface area contributed by atoms with Crippen LogP contribution in [0.2, 0.25) is 0 Å². The van der Waals surface area contributed by atoms with Crippen molar-refractivity contribution in [3.8, 4) is 0 Å². The lowest BCUT2D eigenvalue weighted by atomic mass is 9.92. The molecule has 0 saturated carbocycles. The predicted octanol–water partition coefficient (Wildman–Crippen LogP) is 2.57. The Morgan fingerprint density at radius 2 is 1.56 bits per heavy atom. The third-order valence-electron chi connectivity index (χ3n) is 10.4. The first-order valence-corrected chi connectivity index (χ1v) is 19.0. The molecule has 5 amide bonds. The highest BCUT2D eigenvalue weighted by atomic mass is 16.5. The van der Waals surface area contributed by atoms with E-state index in [1.54, 1.807) is 35.9 Å². The Morgan fingerprint density at radius 1 is 0.926 bits per heavy atom. The van der Waals surface area contributed by atoms with Crippen molar-refractivity contribution in [2.24, 2.45) is 17.8 Å². The summed E-state index contributed by atoms with van der Waals surface area (Å²) in [6, 6.07) is 4.87. The third-order valence-corrected chi connectivity index (χ3v) is 10.4. The molecular formula is C40H67N7O7. The van der Waals surface area contributed by atoms with Crippen molar-refractivity contribution in [2.75, 3.05) is 54.2 Å². The molecule has 304 valence electrons. The van der Waals surface area contributed by atoms with Gasteiger partial charge in [-0.1, -0.05) is 65.8 Å². The minimum absolute atomic E-state index is 0.0274. The zero-order chi connectivity index (χ0) is 40.9. The number of carbonyl (C=O) groups is 5. The molecule has 54 heavy (non-hydrogen) atoms. The molecule has 1 aliphatic rings. The quantitative estimate of drug-likeness (QED) is 0.109. The molecule has 1 aromatic rings. The number of rotatable bonds is 21. The van der Waals surface area contributed by atoms with Crippen LogP contribution >= 0.6 is 0 Å². The van der Waals surface area contributed by atoms with Crippen LogP contribution in [-0.2, 0) is 40.0 Å². The molecule has 1 fully saturated rings. The summed E-state index contributed by atoms with van der Waals surface area (Å²) in [5.74, 6) is -2.29. The molecule has 2 rings (SSSR count). The Hall–Kier alpha value is -4.01. The van der Waals surface area contributed by atoms with Crippen molar-refractivity contribution in [3.63, 3.8) is 0 Å². The Bertz CT molecular complexity index is 1410. The average molecular weight is 758 g/mol. The van der Waals surface area contributed by atoms with Gasteiger partial charge in [-0.2, -0.15) is 0 Å². The summed E-state index contributed by atoms with van der Waals surface area (Å²) in [7, 11) is 8.37. The Labute approximate surface area is 322 Å². The highest BCUT2D eigenvalue weighted by Crippen LogP contribution is 2.29. The first kappa shape index (κ1) is 46.1. The number of amides is 5. The number of ether oxygens (including phenoxy) is 2. The molecule has 14 nitrogen and oxygen atoms in total. The van der Waals surface area contributed by atoms with Crippen molar-refractivity contribution in [1.29, 1.82) is 0 Å². The zero-order valence-corrected chi connectivity index (χ0v) is 34.4. The molecule has 1 heterocycles. The molecule has 0 aliphatic carbocycles. The van der Waals surface area contributed by atoms with E-state index >= 15 is 0 Å². The number of likely N-dealkylation sites (tertiary alicyclic amines) is 1. The van der Waals surface area contributed by atoms with E-state index in [1.165, 1.54) is 14.2 Å². The van der Waals surface area contributed by atoms with Crippen molar-refractivity contribution in [2.45, 2.75) is 110 Å². The number of nitrogens with one attached hydrogen (secondary N) is 3. The van der Waals surface area contributed by atoms with Crippen molar-refractivity contribution >= 4 is 35.2 Å². The normalized spacial score (nSPS) is 17.7. The minimum Gasteiger partial charge on any atom is -0.399 e. The average Bonchev–Trinajstić information content (AvgIpc) is 3.61. The van der Waals surface area contributed by atoms with Gasteiger partial charge in [-0.25, -0.2) is 0 Å². The molecule has 1 aromatic carbocycles. The highest BCUT2D eigenvalue weighted by molar-refractivity contribution is 5.90. The van der Waals surface area contributed by atoms with Gasteiger partial charge in [0.25, 0.3) is 0 Å². The smallest absolute Gasteiger partial charge is 0.245 e. The van der Waals surface area contributed by atoms with Crippen LogP contribution < -0.4 is 21.7 Å². The van der Waals surface area contributed by atoms with Gasteiger partial charge in [-0.3, -0.25) is 28.9 Å². The fourth-order valence-electron chi connectivity index (χ4n) is 7.37. The first-order chi connectivity index (χ1) is 25.4. The van der Waals surface area contributed by atoms with Gasteiger partial charge in [0.2, 0.25) is 29.5 Å². The number of hydrogen-bond acceptors (Lipinski definition) is 9. The standard InChI is InChI=1S/C40H67N7O7/c1-13-26(6)36(46(10)40(52)34(24(2)3)44-39(51)35(25(4)5)45(8)9)31(53-11)21-33(49)47-20-14-15-30(47)37(54-12)27(7)38(50)43-23-32(48)42-22-28-16-18-29(41)19-17-28/h16-19,24-25,27,30-31,34-37H,6,13-15,20-23,41H2,1-5,7-12H3,(H,42,48)(H,43,50)(H,44,51)/t27-,30+,31-,34+,35+,36+,37-/m1/s1. The van der Waals surface area contributed by atoms with E-state index in [-0.39, 0.29) is 54.3 Å². The number of nitrogens with zero attached hydrogens (tertiary/aromatic N) is 3. The van der Waals surface area contributed by atoms with Gasteiger partial charge in [-0.05, 0) is 62.9 Å². The summed E-state index contributed by atoms with van der Waals surface area (Å²) in [4.78, 5) is 72.5. The van der Waals surface area contributed by atoms with Crippen molar-refractivity contribution < 1.29 is 33.4 Å². The fraction of sp³-hybridized carbons (Fsp3) is 0.675. The summed E-state index contributed by atoms with van der Waals surface area (Å²) in [6.45, 7) is 16.2. The van der Waals surface area contributed by atoms with Gasteiger partial charge in [0, 0.05) is 40.0 Å². The maximum atomic E-state index is 14.2. The van der Waals surface area contributed by atoms with E-state index in [0.29, 0.717) is 37.2 Å². The van der Waals surface area contributed by atoms with Crippen LogP contribution in [0.25, 0.3) is 0 Å². The second-order valence-corrected chi connectivity index (χ2v) is 15.3. The molecule has 0 spiro atoms. The van der Waals surface area contributed by atoms with E-state index in [2.05, 4.69) is 22.5 Å². The minimum atomic E-state index is -0.808. The van der Waals surface area contributed by atoms with Crippen molar-refractivity contribution in [3.05, 3.63) is 42.0 Å². The van der Waals surface area contributed by atoms with E-state index in [4.69, 9.17) is 15.2 Å². The molecule has 0 radical (unpaired) electrons. The van der Waals surface area contributed by atoms with Crippen LogP contribution in [0, 0.1) is 17.8 Å². The van der Waals surface area contributed by atoms with E-state index in [1.807, 2.05) is 65.7 Å². The molecule has 5 N–H and O–H groups in total. The van der Waals surface area contributed by atoms with Gasteiger partial charge in [0.15, 0.2) is 0 Å². The van der Waals surface area contributed by atoms with Gasteiger partial charge >= 0.3 is 0 Å². The number of methoxy groups -OCH3 is 2. The topological polar surface area (TPSA) is 176 Å². The number of anilines is 1. The van der Waals surface area contributed by atoms with Crippen LogP contribution in [-0.4, -0.2) is 129 Å². The molecule has 7 atom stereocenters. The van der Waals surface area contributed by atoms with Gasteiger partial charge < -0.3 is 41.0 Å². The SMILES string of the molecule is C=C(CC)[C@@H]([C@@H](CC(=O)N1CCC[C@H]1[C@H](OC)[C@@H](C)C(=O)NCC(=O)NCc1ccc(N)cc1)OC)N(C)C(=O)[C@@H](NC(=O)[C@H](C(C)C)N(C)C)C(C)C. The van der Waals surface area contributed by atoms with E-state index < -0.39 is 42.3 Å². The highest BCUT2D eigenvalue weighted by Gasteiger charge is 2.42. The lowest BCUT2D eigenvalue weighted by molar-refractivity contribution is -0.145. The Morgan fingerprint density at radius 3 is 2.07 bits per heavy atom. The third kappa shape index (κ3) is 12.5. The van der Waals surface area contributed by atoms with E-state index in [9.17, 15) is 24.0 Å². The van der Waals surface area contributed by atoms with Crippen molar-refractivity contribution in [1.82, 2.24) is 30.7 Å². The lowest BCUT2D eigenvalue weighted by Crippen LogP contribution is -2.59. The number of nitrogens with two attached hydrogens (primary N) is 1. The Kier molecular flexibility index (Phi) is 18.6. The maximum absolute atomic E-state index is 14.2. The monoisotopic (exact) mass is 758 g/mol. The molecule has 0 aromatic heterocycles. The van der Waals surface area contributed by atoms with Crippen LogP contribution in [0.5, 0.6) is 0 Å². The summed E-state index contributed by atoms with van der Waals surface area (Å²) in [6.07, 6.45) is 0.476. The van der Waals surface area contributed by atoms with Crippen LogP contribution in [0.3, 0.4) is 0 Å². The van der Waals surface area contributed by atoms with Gasteiger partial charge in [0.05, 0.1) is 49.2 Å². The largest absolute Gasteiger partial charge is 0.399 e. The number of benzene rings is 1. The molecule has 0 bridgehead atoms. The molecule has 0 unspecified atom stereocenters. The summed E-state index contributed by atoms with van der Waals surface area (Å²) in [5, 5.41) is 8.48. The number of nitrogen functional groups attached to an aromatic ring is 1. The summed E-state index contributed by atoms with van der Waals surface area (Å²) < 4.78 is 11.8. The molecule has 14 heteroatoms. The maximum Gasteiger partial charge on any atom is 0.245 e. The number of likely N-dealkylation sites (N-methyl/N-ethyl adjacent to an activating group) is 2.